The first-order valence-corrected chi connectivity index (χ1v) is 5.34. The van der Waals surface area contributed by atoms with Gasteiger partial charge in [0.2, 0.25) is 0 Å². The van der Waals surface area contributed by atoms with E-state index >= 15 is 0 Å². The Bertz CT molecular complexity index is 547. The minimum absolute atomic E-state index is 0.0566. The van der Waals surface area contributed by atoms with E-state index in [4.69, 9.17) is 5.73 Å². The lowest BCUT2D eigenvalue weighted by atomic mass is 10.1. The third-order valence-corrected chi connectivity index (χ3v) is 2.50. The van der Waals surface area contributed by atoms with Crippen LogP contribution in [0.4, 0.5) is 10.1 Å². The van der Waals surface area contributed by atoms with E-state index in [1.165, 1.54) is 0 Å². The van der Waals surface area contributed by atoms with Crippen LogP contribution >= 0.6 is 0 Å². The van der Waals surface area contributed by atoms with Crippen molar-refractivity contribution in [3.63, 3.8) is 0 Å². The molecule has 1 aromatic heterocycles. The number of tetrazole rings is 1. The maximum absolute atomic E-state index is 14.0. The van der Waals surface area contributed by atoms with Crippen LogP contribution in [0.2, 0.25) is 0 Å². The van der Waals surface area contributed by atoms with Gasteiger partial charge in [-0.1, -0.05) is 0 Å². The molecule has 90 valence electrons. The van der Waals surface area contributed by atoms with Crippen LogP contribution < -0.4 is 5.73 Å². The molecule has 2 aromatic rings. The van der Waals surface area contributed by atoms with Crippen molar-refractivity contribution in [2.75, 3.05) is 5.73 Å². The maximum atomic E-state index is 14.0. The van der Waals surface area contributed by atoms with E-state index in [0.29, 0.717) is 22.6 Å². The fourth-order valence-corrected chi connectivity index (χ4v) is 1.68. The Morgan fingerprint density at radius 1 is 1.35 bits per heavy atom. The lowest BCUT2D eigenvalue weighted by molar-refractivity contribution is 0.517. The monoisotopic (exact) mass is 235 g/mol. The lowest BCUT2D eigenvalue weighted by Gasteiger charge is -2.10. The van der Waals surface area contributed by atoms with E-state index in [1.807, 2.05) is 13.8 Å². The molecule has 0 unspecified atom stereocenters. The van der Waals surface area contributed by atoms with Gasteiger partial charge in [0, 0.05) is 5.69 Å². The second kappa shape index (κ2) is 4.12. The lowest BCUT2D eigenvalue weighted by Crippen LogP contribution is -2.07. The van der Waals surface area contributed by atoms with E-state index in [2.05, 4.69) is 15.5 Å². The van der Waals surface area contributed by atoms with Crippen molar-refractivity contribution >= 4 is 5.69 Å². The number of benzene rings is 1. The molecule has 5 nitrogen and oxygen atoms in total. The average Bonchev–Trinajstić information content (AvgIpc) is 2.72. The van der Waals surface area contributed by atoms with Gasteiger partial charge in [0.15, 0.2) is 5.82 Å². The van der Waals surface area contributed by atoms with E-state index in [1.54, 1.807) is 23.7 Å². The summed E-state index contributed by atoms with van der Waals surface area (Å²) in [6.07, 6.45) is 0. The number of halogens is 1. The average molecular weight is 235 g/mol. The van der Waals surface area contributed by atoms with Gasteiger partial charge in [-0.05, 0) is 48.9 Å². The van der Waals surface area contributed by atoms with Gasteiger partial charge in [-0.15, -0.1) is 5.10 Å². The molecule has 0 radical (unpaired) electrons. The fraction of sp³-hybridized carbons (Fsp3) is 0.364. The first kappa shape index (κ1) is 11.5. The summed E-state index contributed by atoms with van der Waals surface area (Å²) in [6.45, 7) is 5.52. The van der Waals surface area contributed by atoms with Gasteiger partial charge in [-0.2, -0.15) is 0 Å². The summed E-state index contributed by atoms with van der Waals surface area (Å²) in [7, 11) is 0. The molecule has 0 bridgehead atoms. The highest BCUT2D eigenvalue weighted by Crippen LogP contribution is 2.26. The van der Waals surface area contributed by atoms with Crippen molar-refractivity contribution in [1.82, 2.24) is 20.2 Å². The second-order valence-corrected chi connectivity index (χ2v) is 4.24. The molecule has 6 heteroatoms. The van der Waals surface area contributed by atoms with Crippen LogP contribution in [0.5, 0.6) is 0 Å². The van der Waals surface area contributed by atoms with Crippen LogP contribution in [0.3, 0.4) is 0 Å². The van der Waals surface area contributed by atoms with Gasteiger partial charge in [-0.3, -0.25) is 0 Å². The molecule has 2 N–H and O–H groups in total. The molecule has 0 aliphatic carbocycles. The van der Waals surface area contributed by atoms with Crippen molar-refractivity contribution in [1.29, 1.82) is 0 Å². The van der Waals surface area contributed by atoms with Crippen molar-refractivity contribution in [3.8, 4) is 11.4 Å². The molecular weight excluding hydrogens is 221 g/mol. The Morgan fingerprint density at radius 3 is 2.71 bits per heavy atom. The summed E-state index contributed by atoms with van der Waals surface area (Å²) < 4.78 is 15.6. The Morgan fingerprint density at radius 2 is 2.06 bits per heavy atom. The normalized spacial score (nSPS) is 11.1. The fourth-order valence-electron chi connectivity index (χ4n) is 1.68. The number of hydrogen-bond acceptors (Lipinski definition) is 4. The molecule has 0 atom stereocenters. The van der Waals surface area contributed by atoms with Crippen molar-refractivity contribution < 1.29 is 4.39 Å². The number of hydrogen-bond donors (Lipinski definition) is 1. The van der Waals surface area contributed by atoms with Crippen LogP contribution in [0, 0.1) is 12.7 Å². The molecule has 1 aromatic carbocycles. The summed E-state index contributed by atoms with van der Waals surface area (Å²) in [6, 6.07) is 3.19. The highest BCUT2D eigenvalue weighted by Gasteiger charge is 2.17. The topological polar surface area (TPSA) is 69.6 Å². The third kappa shape index (κ3) is 1.98. The van der Waals surface area contributed by atoms with Crippen molar-refractivity contribution in [2.45, 2.75) is 26.8 Å². The zero-order chi connectivity index (χ0) is 12.6. The Hall–Kier alpha value is -1.98. The van der Waals surface area contributed by atoms with E-state index in [0.717, 1.165) is 0 Å². The molecule has 0 aliphatic rings. The molecular formula is C11H14FN5. The second-order valence-electron chi connectivity index (χ2n) is 4.24. The molecule has 0 aliphatic heterocycles. The Kier molecular flexibility index (Phi) is 2.79. The van der Waals surface area contributed by atoms with E-state index in [9.17, 15) is 4.39 Å². The first-order chi connectivity index (χ1) is 8.00. The summed E-state index contributed by atoms with van der Waals surface area (Å²) in [5.74, 6) is 0.0591. The quantitative estimate of drug-likeness (QED) is 0.808. The number of nitrogens with zero attached hydrogens (tertiary/aromatic N) is 4. The highest BCUT2D eigenvalue weighted by atomic mass is 19.1. The van der Waals surface area contributed by atoms with Crippen molar-refractivity contribution in [3.05, 3.63) is 23.5 Å². The van der Waals surface area contributed by atoms with E-state index < -0.39 is 0 Å². The number of nitrogen functional groups attached to an aromatic ring is 1. The summed E-state index contributed by atoms with van der Waals surface area (Å²) in [5, 5.41) is 11.3. The van der Waals surface area contributed by atoms with Crippen LogP contribution in [0.25, 0.3) is 11.4 Å². The molecule has 0 saturated heterocycles. The SMILES string of the molecule is Cc1cc(N)cc(-c2nnnn2C(C)C)c1F. The number of aromatic nitrogens is 4. The standard InChI is InChI=1S/C11H14FN5/c1-6(2)17-11(14-15-16-17)9-5-8(13)4-7(3)10(9)12/h4-6H,13H2,1-3H3. The van der Waals surface area contributed by atoms with Gasteiger partial charge in [0.1, 0.15) is 5.82 Å². The molecule has 2 rings (SSSR count). The number of aryl methyl sites for hydroxylation is 1. The maximum Gasteiger partial charge on any atom is 0.185 e. The summed E-state index contributed by atoms with van der Waals surface area (Å²) in [4.78, 5) is 0. The minimum atomic E-state index is -0.337. The Labute approximate surface area is 98.4 Å². The summed E-state index contributed by atoms with van der Waals surface area (Å²) >= 11 is 0. The predicted molar refractivity (Wildman–Crippen MR) is 62.7 cm³/mol. The number of anilines is 1. The molecule has 17 heavy (non-hydrogen) atoms. The molecule has 0 fully saturated rings. The van der Waals surface area contributed by atoms with Crippen LogP contribution in [-0.2, 0) is 0 Å². The van der Waals surface area contributed by atoms with Gasteiger partial charge in [-0.25, -0.2) is 9.07 Å². The van der Waals surface area contributed by atoms with Crippen molar-refractivity contribution in [2.24, 2.45) is 0 Å². The molecule has 0 saturated carbocycles. The summed E-state index contributed by atoms with van der Waals surface area (Å²) in [5.41, 5.74) is 7.03. The minimum Gasteiger partial charge on any atom is -0.399 e. The van der Waals surface area contributed by atoms with Gasteiger partial charge in [0.05, 0.1) is 11.6 Å². The zero-order valence-corrected chi connectivity index (χ0v) is 9.98. The molecule has 0 spiro atoms. The number of nitrogens with two attached hydrogens (primary N) is 1. The third-order valence-electron chi connectivity index (χ3n) is 2.50. The van der Waals surface area contributed by atoms with Crippen LogP contribution in [0.15, 0.2) is 12.1 Å². The zero-order valence-electron chi connectivity index (χ0n) is 9.98. The molecule has 1 heterocycles. The molecule has 0 amide bonds. The van der Waals surface area contributed by atoms with E-state index in [-0.39, 0.29) is 11.9 Å². The van der Waals surface area contributed by atoms with Gasteiger partial charge < -0.3 is 5.73 Å². The van der Waals surface area contributed by atoms with Crippen LogP contribution in [-0.4, -0.2) is 20.2 Å². The van der Waals surface area contributed by atoms with Gasteiger partial charge in [0.25, 0.3) is 0 Å². The largest absolute Gasteiger partial charge is 0.399 e. The van der Waals surface area contributed by atoms with Crippen LogP contribution in [0.1, 0.15) is 25.5 Å². The highest BCUT2D eigenvalue weighted by molar-refractivity contribution is 5.63. The smallest absolute Gasteiger partial charge is 0.185 e. The first-order valence-electron chi connectivity index (χ1n) is 5.34. The predicted octanol–water partition coefficient (Wildman–Crippen LogP) is 1.95. The number of rotatable bonds is 2. The van der Waals surface area contributed by atoms with Gasteiger partial charge >= 0.3 is 0 Å². The Balaban J connectivity index is 2.64.